The van der Waals surface area contributed by atoms with Crippen molar-refractivity contribution in [2.24, 2.45) is 13.0 Å². The predicted octanol–water partition coefficient (Wildman–Crippen LogP) is 1.77. The quantitative estimate of drug-likeness (QED) is 0.876. The van der Waals surface area contributed by atoms with E-state index < -0.39 is 15.9 Å². The molecule has 1 saturated heterocycles. The summed E-state index contributed by atoms with van der Waals surface area (Å²) in [5, 5.41) is 10.5. The van der Waals surface area contributed by atoms with Crippen molar-refractivity contribution in [3.8, 4) is 0 Å². The monoisotopic (exact) mass is 363 g/mol. The average molecular weight is 363 g/mol. The van der Waals surface area contributed by atoms with Gasteiger partial charge in [-0.1, -0.05) is 12.1 Å². The van der Waals surface area contributed by atoms with E-state index in [9.17, 15) is 13.5 Å². The van der Waals surface area contributed by atoms with Gasteiger partial charge in [-0.15, -0.1) is 0 Å². The molecule has 0 spiro atoms. The molecule has 0 radical (unpaired) electrons. The van der Waals surface area contributed by atoms with Crippen molar-refractivity contribution in [1.29, 1.82) is 0 Å². The molecule has 1 aromatic carbocycles. The molecule has 7 heteroatoms. The third kappa shape index (κ3) is 4.29. The van der Waals surface area contributed by atoms with Gasteiger partial charge in [-0.05, 0) is 49.5 Å². The van der Waals surface area contributed by atoms with Gasteiger partial charge in [-0.2, -0.15) is 0 Å². The van der Waals surface area contributed by atoms with E-state index >= 15 is 0 Å². The van der Waals surface area contributed by atoms with Crippen LogP contribution in [0.4, 0.5) is 0 Å². The number of aromatic nitrogens is 2. The van der Waals surface area contributed by atoms with Gasteiger partial charge in [0.25, 0.3) is 0 Å². The third-order valence-corrected chi connectivity index (χ3v) is 6.09. The zero-order chi connectivity index (χ0) is 18.0. The molecule has 3 rings (SSSR count). The molecule has 1 aromatic heterocycles. The van der Waals surface area contributed by atoms with Crippen molar-refractivity contribution < 1.29 is 13.5 Å². The number of imidazole rings is 1. The largest absolute Gasteiger partial charge is 0.385 e. The zero-order valence-electron chi connectivity index (χ0n) is 14.7. The fourth-order valence-electron chi connectivity index (χ4n) is 3.40. The molecule has 136 valence electrons. The van der Waals surface area contributed by atoms with E-state index in [0.29, 0.717) is 4.90 Å². The molecule has 6 nitrogen and oxygen atoms in total. The van der Waals surface area contributed by atoms with E-state index in [1.807, 2.05) is 29.9 Å². The summed E-state index contributed by atoms with van der Waals surface area (Å²) in [5.41, 5.74) is 1.11. The lowest BCUT2D eigenvalue weighted by atomic mass is 9.90. The molecular weight excluding hydrogens is 338 g/mol. The van der Waals surface area contributed by atoms with Gasteiger partial charge in [-0.25, -0.2) is 13.4 Å². The molecule has 1 aliphatic heterocycles. The average Bonchev–Trinajstić information content (AvgIpc) is 3.01. The molecule has 0 amide bonds. The van der Waals surface area contributed by atoms with Gasteiger partial charge >= 0.3 is 0 Å². The Balaban J connectivity index is 1.55. The number of hydrogen-bond acceptors (Lipinski definition) is 5. The highest BCUT2D eigenvalue weighted by Crippen LogP contribution is 2.30. The lowest BCUT2D eigenvalue weighted by molar-refractivity contribution is 0.0492. The Kier molecular flexibility index (Phi) is 5.27. The number of nitrogens with zero attached hydrogens (tertiary/aromatic N) is 3. The highest BCUT2D eigenvalue weighted by atomic mass is 32.2. The summed E-state index contributed by atoms with van der Waals surface area (Å²) in [7, 11) is -1.24. The van der Waals surface area contributed by atoms with Crippen LogP contribution >= 0.6 is 0 Å². The lowest BCUT2D eigenvalue weighted by Crippen LogP contribution is -2.35. The Labute approximate surface area is 149 Å². The van der Waals surface area contributed by atoms with Crippen molar-refractivity contribution in [2.75, 3.05) is 19.3 Å². The van der Waals surface area contributed by atoms with Gasteiger partial charge < -0.3 is 9.67 Å². The van der Waals surface area contributed by atoms with Crippen LogP contribution in [0, 0.1) is 5.92 Å². The van der Waals surface area contributed by atoms with Crippen LogP contribution < -0.4 is 0 Å². The molecule has 2 heterocycles. The Morgan fingerprint density at radius 3 is 2.40 bits per heavy atom. The first kappa shape index (κ1) is 18.1. The SMILES string of the molecule is Cn1ccnc1[C@@H](O)C1CCN(Cc2ccc(S(C)(=O)=O)cc2)CC1. The summed E-state index contributed by atoms with van der Waals surface area (Å²) in [4.78, 5) is 6.96. The van der Waals surface area contributed by atoms with Gasteiger partial charge in [0.15, 0.2) is 9.84 Å². The highest BCUT2D eigenvalue weighted by Gasteiger charge is 2.28. The molecule has 0 aliphatic carbocycles. The fourth-order valence-corrected chi connectivity index (χ4v) is 4.03. The molecule has 2 aromatic rings. The maximum Gasteiger partial charge on any atom is 0.175 e. The van der Waals surface area contributed by atoms with Gasteiger partial charge in [0.05, 0.1) is 4.90 Å². The maximum atomic E-state index is 11.5. The Bertz CT molecular complexity index is 806. The van der Waals surface area contributed by atoms with E-state index in [1.54, 1.807) is 18.3 Å². The molecule has 0 saturated carbocycles. The van der Waals surface area contributed by atoms with Crippen LogP contribution in [0.5, 0.6) is 0 Å². The van der Waals surface area contributed by atoms with Gasteiger partial charge in [0, 0.05) is 32.2 Å². The van der Waals surface area contributed by atoms with Crippen molar-refractivity contribution in [3.63, 3.8) is 0 Å². The van der Waals surface area contributed by atoms with E-state index in [1.165, 1.54) is 6.26 Å². The summed E-state index contributed by atoms with van der Waals surface area (Å²) < 4.78 is 24.9. The highest BCUT2D eigenvalue weighted by molar-refractivity contribution is 7.90. The Morgan fingerprint density at radius 2 is 1.88 bits per heavy atom. The summed E-state index contributed by atoms with van der Waals surface area (Å²) >= 11 is 0. The van der Waals surface area contributed by atoms with E-state index in [2.05, 4.69) is 9.88 Å². The van der Waals surface area contributed by atoms with Crippen molar-refractivity contribution in [2.45, 2.75) is 30.4 Å². The van der Waals surface area contributed by atoms with Crippen LogP contribution in [0.25, 0.3) is 0 Å². The van der Waals surface area contributed by atoms with Crippen molar-refractivity contribution in [1.82, 2.24) is 14.5 Å². The van der Waals surface area contributed by atoms with E-state index in [0.717, 1.165) is 43.9 Å². The molecule has 0 unspecified atom stereocenters. The summed E-state index contributed by atoms with van der Waals surface area (Å²) in [6, 6.07) is 7.10. The number of likely N-dealkylation sites (tertiary alicyclic amines) is 1. The normalized spacial score (nSPS) is 18.4. The molecule has 0 bridgehead atoms. The van der Waals surface area contributed by atoms with Crippen molar-refractivity contribution in [3.05, 3.63) is 48.0 Å². The Morgan fingerprint density at radius 1 is 1.24 bits per heavy atom. The third-order valence-electron chi connectivity index (χ3n) is 4.96. The van der Waals surface area contributed by atoms with Crippen LogP contribution in [-0.4, -0.2) is 47.3 Å². The number of sulfone groups is 1. The fraction of sp³-hybridized carbons (Fsp3) is 0.500. The number of piperidine rings is 1. The van der Waals surface area contributed by atoms with Gasteiger partial charge in [0.2, 0.25) is 0 Å². The molecule has 1 fully saturated rings. The minimum absolute atomic E-state index is 0.227. The zero-order valence-corrected chi connectivity index (χ0v) is 15.5. The van der Waals surface area contributed by atoms with Gasteiger partial charge in [-0.3, -0.25) is 4.90 Å². The smallest absolute Gasteiger partial charge is 0.175 e. The van der Waals surface area contributed by atoms with Gasteiger partial charge in [0.1, 0.15) is 11.9 Å². The molecule has 25 heavy (non-hydrogen) atoms. The number of aryl methyl sites for hydroxylation is 1. The number of aliphatic hydroxyl groups is 1. The second-order valence-corrected chi connectivity index (χ2v) is 8.89. The molecule has 1 aliphatic rings. The first-order valence-electron chi connectivity index (χ1n) is 8.51. The summed E-state index contributed by atoms with van der Waals surface area (Å²) in [6.07, 6.45) is 6.13. The first-order chi connectivity index (χ1) is 11.8. The van der Waals surface area contributed by atoms with E-state index in [4.69, 9.17) is 0 Å². The molecule has 1 atom stereocenters. The van der Waals surface area contributed by atoms with Crippen molar-refractivity contribution >= 4 is 9.84 Å². The molecular formula is C18H25N3O3S. The Hall–Kier alpha value is -1.70. The first-order valence-corrected chi connectivity index (χ1v) is 10.4. The number of hydrogen-bond donors (Lipinski definition) is 1. The van der Waals surface area contributed by atoms with Crippen LogP contribution in [0.3, 0.4) is 0 Å². The molecule has 1 N–H and O–H groups in total. The van der Waals surface area contributed by atoms with Crippen LogP contribution in [0.2, 0.25) is 0 Å². The summed E-state index contributed by atoms with van der Waals surface area (Å²) in [6.45, 7) is 2.63. The lowest BCUT2D eigenvalue weighted by Gasteiger charge is -2.34. The van der Waals surface area contributed by atoms with E-state index in [-0.39, 0.29) is 5.92 Å². The van der Waals surface area contributed by atoms with Crippen LogP contribution in [0.1, 0.15) is 30.3 Å². The second kappa shape index (κ2) is 7.27. The standard InChI is InChI=1S/C18H25N3O3S/c1-20-12-9-19-18(20)17(22)15-7-10-21(11-8-15)13-14-3-5-16(6-4-14)25(2,23)24/h3-6,9,12,15,17,22H,7-8,10-11,13H2,1-2H3/t17-/m0/s1. The minimum atomic E-state index is -3.14. The maximum absolute atomic E-state index is 11.5. The number of rotatable bonds is 5. The van der Waals surface area contributed by atoms with Crippen LogP contribution in [-0.2, 0) is 23.4 Å². The minimum Gasteiger partial charge on any atom is -0.385 e. The second-order valence-electron chi connectivity index (χ2n) is 6.87. The van der Waals surface area contributed by atoms with Crippen LogP contribution in [0.15, 0.2) is 41.6 Å². The number of benzene rings is 1. The summed E-state index contributed by atoms with van der Waals surface area (Å²) in [5.74, 6) is 0.958. The topological polar surface area (TPSA) is 75.4 Å². The predicted molar refractivity (Wildman–Crippen MR) is 95.7 cm³/mol. The number of aliphatic hydroxyl groups excluding tert-OH is 1.